The summed E-state index contributed by atoms with van der Waals surface area (Å²) in [5, 5.41) is 2.95. The van der Waals surface area contributed by atoms with Gasteiger partial charge in [-0.2, -0.15) is 0 Å². The van der Waals surface area contributed by atoms with Gasteiger partial charge in [-0.25, -0.2) is 0 Å². The van der Waals surface area contributed by atoms with Gasteiger partial charge in [-0.3, -0.25) is 4.79 Å². The van der Waals surface area contributed by atoms with Crippen molar-refractivity contribution >= 4 is 11.6 Å². The van der Waals surface area contributed by atoms with Crippen LogP contribution >= 0.6 is 0 Å². The Labute approximate surface area is 142 Å². The van der Waals surface area contributed by atoms with Crippen LogP contribution in [0.15, 0.2) is 42.5 Å². The fourth-order valence-corrected chi connectivity index (χ4v) is 2.71. The first-order chi connectivity index (χ1) is 11.7. The zero-order valence-corrected chi connectivity index (χ0v) is 14.0. The molecule has 3 rings (SSSR count). The van der Waals surface area contributed by atoms with Crippen LogP contribution in [-0.2, 0) is 17.6 Å². The number of ether oxygens (including phenoxy) is 2. The molecule has 0 aromatic heterocycles. The highest BCUT2D eigenvalue weighted by molar-refractivity contribution is 5.90. The Morgan fingerprint density at radius 1 is 1.00 bits per heavy atom. The molecular weight excluding hydrogens is 302 g/mol. The normalized spacial score (nSPS) is 12.2. The van der Waals surface area contributed by atoms with Crippen LogP contribution in [-0.4, -0.2) is 12.7 Å². The highest BCUT2D eigenvalue weighted by Crippen LogP contribution is 2.32. The summed E-state index contributed by atoms with van der Waals surface area (Å²) in [5.41, 5.74) is 3.24. The number of hydrogen-bond acceptors (Lipinski definition) is 3. The van der Waals surface area contributed by atoms with E-state index in [0.29, 0.717) is 12.8 Å². The number of carbonyl (C=O) groups is 1. The monoisotopic (exact) mass is 325 g/mol. The number of carbonyl (C=O) groups excluding carboxylic acids is 1. The molecule has 2 aromatic carbocycles. The standard InChI is InChI=1S/C20H23NO3/c1-2-3-4-15-5-9-17(10-6-15)21-20(22)12-8-16-7-11-18-19(13-16)24-14-23-18/h5-7,9-11,13H,2-4,8,12,14H2,1H3,(H,21,22). The SMILES string of the molecule is CCCCc1ccc(NC(=O)CCc2ccc3c(c2)OCO3)cc1. The average molecular weight is 325 g/mol. The van der Waals surface area contributed by atoms with E-state index in [-0.39, 0.29) is 12.7 Å². The molecule has 1 amide bonds. The van der Waals surface area contributed by atoms with E-state index in [4.69, 9.17) is 9.47 Å². The Bertz CT molecular complexity index is 695. The lowest BCUT2D eigenvalue weighted by atomic mass is 10.1. The largest absolute Gasteiger partial charge is 0.454 e. The van der Waals surface area contributed by atoms with Crippen molar-refractivity contribution < 1.29 is 14.3 Å². The number of benzene rings is 2. The molecule has 0 aliphatic carbocycles. The number of unbranched alkanes of at least 4 members (excludes halogenated alkanes) is 1. The average Bonchev–Trinajstić information content (AvgIpc) is 3.07. The van der Waals surface area contributed by atoms with Crippen LogP contribution in [0.1, 0.15) is 37.3 Å². The van der Waals surface area contributed by atoms with Crippen LogP contribution in [0.5, 0.6) is 11.5 Å². The summed E-state index contributed by atoms with van der Waals surface area (Å²) >= 11 is 0. The van der Waals surface area contributed by atoms with Crippen LogP contribution in [0.4, 0.5) is 5.69 Å². The molecule has 4 heteroatoms. The van der Waals surface area contributed by atoms with Crippen LogP contribution < -0.4 is 14.8 Å². The van der Waals surface area contributed by atoms with E-state index in [2.05, 4.69) is 24.4 Å². The number of nitrogens with one attached hydrogen (secondary N) is 1. The minimum atomic E-state index is 0.0222. The van der Waals surface area contributed by atoms with Gasteiger partial charge in [0.25, 0.3) is 0 Å². The van der Waals surface area contributed by atoms with E-state index in [0.717, 1.165) is 29.2 Å². The van der Waals surface area contributed by atoms with E-state index in [1.807, 2.05) is 30.3 Å². The van der Waals surface area contributed by atoms with Gasteiger partial charge in [0.05, 0.1) is 0 Å². The second-order valence-electron chi connectivity index (χ2n) is 6.04. The van der Waals surface area contributed by atoms with Gasteiger partial charge in [0.15, 0.2) is 11.5 Å². The second kappa shape index (κ2) is 7.86. The predicted molar refractivity (Wildman–Crippen MR) is 94.6 cm³/mol. The van der Waals surface area contributed by atoms with Gasteiger partial charge < -0.3 is 14.8 Å². The molecule has 0 saturated heterocycles. The minimum Gasteiger partial charge on any atom is -0.454 e. The molecule has 0 unspecified atom stereocenters. The molecule has 2 aromatic rings. The molecule has 1 N–H and O–H groups in total. The number of amides is 1. The molecule has 0 radical (unpaired) electrons. The summed E-state index contributed by atoms with van der Waals surface area (Å²) in [6.45, 7) is 2.46. The first-order valence-electron chi connectivity index (χ1n) is 8.52. The molecule has 1 aliphatic rings. The van der Waals surface area contributed by atoms with Crippen molar-refractivity contribution in [2.45, 2.75) is 39.0 Å². The second-order valence-corrected chi connectivity index (χ2v) is 6.04. The topological polar surface area (TPSA) is 47.6 Å². The maximum atomic E-state index is 12.1. The maximum Gasteiger partial charge on any atom is 0.231 e. The van der Waals surface area contributed by atoms with E-state index in [1.54, 1.807) is 0 Å². The Morgan fingerprint density at radius 3 is 2.54 bits per heavy atom. The first-order valence-corrected chi connectivity index (χ1v) is 8.52. The molecular formula is C20H23NO3. The van der Waals surface area contributed by atoms with Gasteiger partial charge in [0.1, 0.15) is 0 Å². The zero-order valence-electron chi connectivity index (χ0n) is 14.0. The van der Waals surface area contributed by atoms with Gasteiger partial charge >= 0.3 is 0 Å². The van der Waals surface area contributed by atoms with Gasteiger partial charge in [-0.05, 0) is 54.7 Å². The lowest BCUT2D eigenvalue weighted by Crippen LogP contribution is -2.12. The van der Waals surface area contributed by atoms with Gasteiger partial charge in [0, 0.05) is 12.1 Å². The van der Waals surface area contributed by atoms with Crippen molar-refractivity contribution in [2.24, 2.45) is 0 Å². The van der Waals surface area contributed by atoms with E-state index >= 15 is 0 Å². The van der Waals surface area contributed by atoms with Crippen molar-refractivity contribution in [3.05, 3.63) is 53.6 Å². The zero-order chi connectivity index (χ0) is 16.8. The molecule has 0 spiro atoms. The van der Waals surface area contributed by atoms with E-state index in [1.165, 1.54) is 18.4 Å². The first kappa shape index (κ1) is 16.4. The summed E-state index contributed by atoms with van der Waals surface area (Å²) in [6.07, 6.45) is 4.60. The number of fused-ring (bicyclic) bond motifs is 1. The Kier molecular flexibility index (Phi) is 5.36. The van der Waals surface area contributed by atoms with Crippen LogP contribution in [0.2, 0.25) is 0 Å². The summed E-state index contributed by atoms with van der Waals surface area (Å²) in [4.78, 5) is 12.1. The predicted octanol–water partition coefficient (Wildman–Crippen LogP) is 4.33. The number of hydrogen-bond donors (Lipinski definition) is 1. The molecule has 0 atom stereocenters. The summed E-state index contributed by atoms with van der Waals surface area (Å²) in [6, 6.07) is 13.9. The van der Waals surface area contributed by atoms with E-state index in [9.17, 15) is 4.79 Å². The number of aryl methyl sites for hydroxylation is 2. The Morgan fingerprint density at radius 2 is 1.75 bits per heavy atom. The van der Waals surface area contributed by atoms with Crippen molar-refractivity contribution in [1.82, 2.24) is 0 Å². The minimum absolute atomic E-state index is 0.0222. The molecule has 1 heterocycles. The quantitative estimate of drug-likeness (QED) is 0.824. The van der Waals surface area contributed by atoms with Crippen LogP contribution in [0, 0.1) is 0 Å². The maximum absolute atomic E-state index is 12.1. The lowest BCUT2D eigenvalue weighted by molar-refractivity contribution is -0.116. The van der Waals surface area contributed by atoms with Crippen molar-refractivity contribution in [3.63, 3.8) is 0 Å². The summed E-state index contributed by atoms with van der Waals surface area (Å²) in [5.74, 6) is 1.55. The lowest BCUT2D eigenvalue weighted by Gasteiger charge is -2.07. The fraction of sp³-hybridized carbons (Fsp3) is 0.350. The molecule has 24 heavy (non-hydrogen) atoms. The molecule has 0 saturated carbocycles. The Balaban J connectivity index is 1.48. The third kappa shape index (κ3) is 4.28. The molecule has 4 nitrogen and oxygen atoms in total. The third-order valence-corrected chi connectivity index (χ3v) is 4.13. The van der Waals surface area contributed by atoms with Crippen molar-refractivity contribution in [3.8, 4) is 11.5 Å². The summed E-state index contributed by atoms with van der Waals surface area (Å²) < 4.78 is 10.6. The van der Waals surface area contributed by atoms with Gasteiger partial charge in [-0.1, -0.05) is 31.5 Å². The molecule has 1 aliphatic heterocycles. The fourth-order valence-electron chi connectivity index (χ4n) is 2.71. The molecule has 126 valence electrons. The van der Waals surface area contributed by atoms with E-state index < -0.39 is 0 Å². The van der Waals surface area contributed by atoms with Crippen LogP contribution in [0.3, 0.4) is 0 Å². The molecule has 0 bridgehead atoms. The number of rotatable bonds is 7. The van der Waals surface area contributed by atoms with Gasteiger partial charge in [-0.15, -0.1) is 0 Å². The summed E-state index contributed by atoms with van der Waals surface area (Å²) in [7, 11) is 0. The third-order valence-electron chi connectivity index (χ3n) is 4.13. The Hall–Kier alpha value is -2.49. The molecule has 0 fully saturated rings. The smallest absolute Gasteiger partial charge is 0.231 e. The van der Waals surface area contributed by atoms with Crippen molar-refractivity contribution in [1.29, 1.82) is 0 Å². The highest BCUT2D eigenvalue weighted by Gasteiger charge is 2.13. The van der Waals surface area contributed by atoms with Crippen LogP contribution in [0.25, 0.3) is 0 Å². The van der Waals surface area contributed by atoms with Gasteiger partial charge in [0.2, 0.25) is 12.7 Å². The number of anilines is 1. The van der Waals surface area contributed by atoms with Crippen molar-refractivity contribution in [2.75, 3.05) is 12.1 Å². The highest BCUT2D eigenvalue weighted by atomic mass is 16.7.